The fraction of sp³-hybridized carbons (Fsp3) is 0.176. The summed E-state index contributed by atoms with van der Waals surface area (Å²) in [5.41, 5.74) is 0.871. The van der Waals surface area contributed by atoms with E-state index in [4.69, 9.17) is 13.9 Å². The average Bonchev–Trinajstić information content (AvgIpc) is 3.07. The van der Waals surface area contributed by atoms with Gasteiger partial charge in [-0.25, -0.2) is 0 Å². The minimum Gasteiger partial charge on any atom is -0.495 e. The maximum Gasteiger partial charge on any atom is 0.253 e. The van der Waals surface area contributed by atoms with E-state index in [0.717, 1.165) is 17.2 Å². The number of hydrogen-bond donors (Lipinski definition) is 1. The summed E-state index contributed by atoms with van der Waals surface area (Å²) >= 11 is 0. The quantitative estimate of drug-likeness (QED) is 0.722. The van der Waals surface area contributed by atoms with Crippen LogP contribution in [0.25, 0.3) is 0 Å². The first-order chi connectivity index (χ1) is 11.3. The SMILES string of the molecule is COc1ccccc1NCc1nnc(COc2ccccc2)o1. The second-order valence-electron chi connectivity index (χ2n) is 4.75. The van der Waals surface area contributed by atoms with Crippen molar-refractivity contribution in [2.75, 3.05) is 12.4 Å². The van der Waals surface area contributed by atoms with E-state index in [1.54, 1.807) is 7.11 Å². The van der Waals surface area contributed by atoms with Crippen LogP contribution in [0.5, 0.6) is 11.5 Å². The first kappa shape index (κ1) is 14.9. The average molecular weight is 311 g/mol. The number of nitrogens with zero attached hydrogens (tertiary/aromatic N) is 2. The summed E-state index contributed by atoms with van der Waals surface area (Å²) in [6.07, 6.45) is 0. The lowest BCUT2D eigenvalue weighted by Gasteiger charge is -2.08. The van der Waals surface area contributed by atoms with E-state index in [2.05, 4.69) is 15.5 Å². The highest BCUT2D eigenvalue weighted by atomic mass is 16.5. The predicted molar refractivity (Wildman–Crippen MR) is 85.4 cm³/mol. The van der Waals surface area contributed by atoms with Crippen LogP contribution in [-0.4, -0.2) is 17.3 Å². The standard InChI is InChI=1S/C17H17N3O3/c1-21-15-10-6-5-9-14(15)18-11-16-19-20-17(23-16)12-22-13-7-3-2-4-8-13/h2-10,18H,11-12H2,1H3. The topological polar surface area (TPSA) is 69.4 Å². The summed E-state index contributed by atoms with van der Waals surface area (Å²) in [7, 11) is 1.63. The van der Waals surface area contributed by atoms with Gasteiger partial charge in [0.25, 0.3) is 5.89 Å². The second-order valence-corrected chi connectivity index (χ2v) is 4.75. The van der Waals surface area contributed by atoms with Crippen LogP contribution in [0.2, 0.25) is 0 Å². The molecule has 0 radical (unpaired) electrons. The highest BCUT2D eigenvalue weighted by Crippen LogP contribution is 2.23. The van der Waals surface area contributed by atoms with Crippen LogP contribution in [0, 0.1) is 0 Å². The molecule has 0 aliphatic rings. The summed E-state index contributed by atoms with van der Waals surface area (Å²) in [5, 5.41) is 11.2. The minimum atomic E-state index is 0.242. The molecule has 6 heteroatoms. The maximum atomic E-state index is 5.57. The Hall–Kier alpha value is -3.02. The number of nitrogens with one attached hydrogen (secondary N) is 1. The minimum absolute atomic E-state index is 0.242. The van der Waals surface area contributed by atoms with Crippen LogP contribution in [0.1, 0.15) is 11.8 Å². The number of para-hydroxylation sites is 3. The summed E-state index contributed by atoms with van der Waals surface area (Å²) in [6, 6.07) is 17.1. The summed E-state index contributed by atoms with van der Waals surface area (Å²) < 4.78 is 16.4. The van der Waals surface area contributed by atoms with Crippen molar-refractivity contribution in [3.8, 4) is 11.5 Å². The lowest BCUT2D eigenvalue weighted by molar-refractivity contribution is 0.259. The first-order valence-electron chi connectivity index (χ1n) is 7.21. The van der Waals surface area contributed by atoms with E-state index in [9.17, 15) is 0 Å². The molecule has 6 nitrogen and oxygen atoms in total. The third-order valence-corrected chi connectivity index (χ3v) is 3.15. The van der Waals surface area contributed by atoms with Gasteiger partial charge in [-0.3, -0.25) is 0 Å². The molecule has 23 heavy (non-hydrogen) atoms. The molecule has 1 aromatic heterocycles. The third-order valence-electron chi connectivity index (χ3n) is 3.15. The van der Waals surface area contributed by atoms with E-state index in [1.807, 2.05) is 54.6 Å². The van der Waals surface area contributed by atoms with Gasteiger partial charge in [0, 0.05) is 0 Å². The van der Waals surface area contributed by atoms with Gasteiger partial charge in [0.05, 0.1) is 19.3 Å². The zero-order chi connectivity index (χ0) is 15.9. The van der Waals surface area contributed by atoms with E-state index in [1.165, 1.54) is 0 Å². The van der Waals surface area contributed by atoms with Crippen LogP contribution < -0.4 is 14.8 Å². The number of methoxy groups -OCH3 is 1. The predicted octanol–water partition coefficient (Wildman–Crippen LogP) is 3.27. The Morgan fingerprint density at radius 1 is 0.957 bits per heavy atom. The number of aromatic nitrogens is 2. The lowest BCUT2D eigenvalue weighted by atomic mass is 10.3. The molecule has 0 fully saturated rings. The van der Waals surface area contributed by atoms with Crippen LogP contribution in [-0.2, 0) is 13.2 Å². The molecule has 1 N–H and O–H groups in total. The van der Waals surface area contributed by atoms with Crippen molar-refractivity contribution >= 4 is 5.69 Å². The Bertz CT molecular complexity index is 744. The largest absolute Gasteiger partial charge is 0.495 e. The number of hydrogen-bond acceptors (Lipinski definition) is 6. The van der Waals surface area contributed by atoms with Crippen molar-refractivity contribution in [3.05, 3.63) is 66.4 Å². The zero-order valence-corrected chi connectivity index (χ0v) is 12.7. The normalized spacial score (nSPS) is 10.3. The molecule has 2 aromatic carbocycles. The first-order valence-corrected chi connectivity index (χ1v) is 7.21. The highest BCUT2D eigenvalue weighted by molar-refractivity contribution is 5.55. The Morgan fingerprint density at radius 3 is 2.52 bits per heavy atom. The van der Waals surface area contributed by atoms with Crippen LogP contribution in [0.4, 0.5) is 5.69 Å². The molecule has 1 heterocycles. The van der Waals surface area contributed by atoms with Gasteiger partial charge in [-0.2, -0.15) is 0 Å². The number of rotatable bonds is 7. The molecule has 0 saturated heterocycles. The van der Waals surface area contributed by atoms with Gasteiger partial charge >= 0.3 is 0 Å². The van der Waals surface area contributed by atoms with E-state index in [-0.39, 0.29) is 6.61 Å². The van der Waals surface area contributed by atoms with E-state index < -0.39 is 0 Å². The molecule has 3 aromatic rings. The molecule has 0 amide bonds. The van der Waals surface area contributed by atoms with Crippen molar-refractivity contribution in [1.29, 1.82) is 0 Å². The number of anilines is 1. The van der Waals surface area contributed by atoms with Gasteiger partial charge in [-0.15, -0.1) is 10.2 Å². The van der Waals surface area contributed by atoms with Crippen LogP contribution >= 0.6 is 0 Å². The fourth-order valence-corrected chi connectivity index (χ4v) is 2.04. The van der Waals surface area contributed by atoms with Crippen molar-refractivity contribution in [2.24, 2.45) is 0 Å². The Kier molecular flexibility index (Phi) is 4.73. The van der Waals surface area contributed by atoms with Crippen molar-refractivity contribution < 1.29 is 13.9 Å². The second kappa shape index (κ2) is 7.31. The van der Waals surface area contributed by atoms with Gasteiger partial charge in [0.2, 0.25) is 5.89 Å². The molecule has 3 rings (SSSR count). The van der Waals surface area contributed by atoms with Crippen LogP contribution in [0.15, 0.2) is 59.0 Å². The van der Waals surface area contributed by atoms with Gasteiger partial charge in [0.15, 0.2) is 6.61 Å². The summed E-state index contributed by atoms with van der Waals surface area (Å²) in [4.78, 5) is 0. The number of ether oxygens (including phenoxy) is 2. The molecular weight excluding hydrogens is 294 g/mol. The molecule has 0 aliphatic carbocycles. The smallest absolute Gasteiger partial charge is 0.253 e. The third kappa shape index (κ3) is 4.00. The highest BCUT2D eigenvalue weighted by Gasteiger charge is 2.08. The molecule has 0 aliphatic heterocycles. The van der Waals surface area contributed by atoms with Crippen LogP contribution in [0.3, 0.4) is 0 Å². The fourth-order valence-electron chi connectivity index (χ4n) is 2.04. The molecule has 0 bridgehead atoms. The number of benzene rings is 2. The maximum absolute atomic E-state index is 5.57. The Balaban J connectivity index is 1.55. The molecule has 0 spiro atoms. The van der Waals surface area contributed by atoms with E-state index >= 15 is 0 Å². The molecule has 0 unspecified atom stereocenters. The summed E-state index contributed by atoms with van der Waals surface area (Å²) in [6.45, 7) is 0.657. The zero-order valence-electron chi connectivity index (χ0n) is 12.7. The Labute approximate surface area is 134 Å². The molecule has 0 atom stereocenters. The van der Waals surface area contributed by atoms with Crippen molar-refractivity contribution in [3.63, 3.8) is 0 Å². The molecular formula is C17H17N3O3. The van der Waals surface area contributed by atoms with Crippen molar-refractivity contribution in [1.82, 2.24) is 10.2 Å². The molecule has 0 saturated carbocycles. The van der Waals surface area contributed by atoms with E-state index in [0.29, 0.717) is 18.3 Å². The van der Waals surface area contributed by atoms with Gasteiger partial charge in [-0.1, -0.05) is 30.3 Å². The van der Waals surface area contributed by atoms with Gasteiger partial charge < -0.3 is 19.2 Å². The van der Waals surface area contributed by atoms with Crippen molar-refractivity contribution in [2.45, 2.75) is 13.2 Å². The summed E-state index contributed by atoms with van der Waals surface area (Å²) in [5.74, 6) is 2.45. The van der Waals surface area contributed by atoms with Gasteiger partial charge in [-0.05, 0) is 24.3 Å². The lowest BCUT2D eigenvalue weighted by Crippen LogP contribution is -2.01. The molecule has 118 valence electrons. The Morgan fingerprint density at radius 2 is 1.70 bits per heavy atom. The van der Waals surface area contributed by atoms with Gasteiger partial charge in [0.1, 0.15) is 11.5 Å². The monoisotopic (exact) mass is 311 g/mol.